The van der Waals surface area contributed by atoms with Gasteiger partial charge in [-0.25, -0.2) is 4.99 Å². The molecule has 2 N–H and O–H groups in total. The molecule has 0 aromatic heterocycles. The van der Waals surface area contributed by atoms with Crippen molar-refractivity contribution in [2.75, 3.05) is 0 Å². The first-order chi connectivity index (χ1) is 10.8. The highest BCUT2D eigenvalue weighted by atomic mass is 16.5. The van der Waals surface area contributed by atoms with Crippen molar-refractivity contribution < 1.29 is 4.74 Å². The largest absolute Gasteiger partial charge is 0.355 e. The first-order valence-corrected chi connectivity index (χ1v) is 8.56. The number of aliphatic imine (C=N–C) groups is 1. The van der Waals surface area contributed by atoms with Crippen molar-refractivity contribution >= 4 is 5.96 Å². The zero-order valence-corrected chi connectivity index (χ0v) is 13.4. The van der Waals surface area contributed by atoms with Crippen LogP contribution in [0.15, 0.2) is 35.3 Å². The summed E-state index contributed by atoms with van der Waals surface area (Å²) in [6, 6.07) is 10.7. The van der Waals surface area contributed by atoms with Crippen LogP contribution in [0.2, 0.25) is 0 Å². The van der Waals surface area contributed by atoms with Gasteiger partial charge < -0.3 is 15.4 Å². The van der Waals surface area contributed by atoms with Crippen molar-refractivity contribution in [2.24, 2.45) is 4.99 Å². The van der Waals surface area contributed by atoms with Crippen LogP contribution in [-0.2, 0) is 11.3 Å². The molecule has 2 fully saturated rings. The molecule has 1 aromatic carbocycles. The number of ether oxygens (including phenoxy) is 1. The highest BCUT2D eigenvalue weighted by Gasteiger charge is 2.25. The van der Waals surface area contributed by atoms with Crippen LogP contribution in [0.3, 0.4) is 0 Å². The molecule has 3 rings (SSSR count). The molecule has 1 saturated carbocycles. The minimum atomic E-state index is 0.0915. The lowest BCUT2D eigenvalue weighted by Gasteiger charge is -2.35. The van der Waals surface area contributed by atoms with Gasteiger partial charge in [-0.1, -0.05) is 49.6 Å². The maximum atomic E-state index is 6.25. The van der Waals surface area contributed by atoms with Gasteiger partial charge in [0.25, 0.3) is 0 Å². The average Bonchev–Trinajstić information content (AvgIpc) is 2.54. The Bertz CT molecular complexity index is 482. The molecule has 2 atom stereocenters. The first kappa shape index (κ1) is 15.3. The van der Waals surface area contributed by atoms with Gasteiger partial charge in [-0.05, 0) is 25.3 Å². The molecule has 4 nitrogen and oxygen atoms in total. The second-order valence-corrected chi connectivity index (χ2v) is 6.46. The van der Waals surface area contributed by atoms with Gasteiger partial charge in [0.1, 0.15) is 6.23 Å². The van der Waals surface area contributed by atoms with Crippen LogP contribution in [0, 0.1) is 0 Å². The van der Waals surface area contributed by atoms with Crippen LogP contribution in [0.5, 0.6) is 0 Å². The summed E-state index contributed by atoms with van der Waals surface area (Å²) in [7, 11) is 0. The van der Waals surface area contributed by atoms with Crippen LogP contribution in [0.1, 0.15) is 51.0 Å². The third kappa shape index (κ3) is 4.47. The van der Waals surface area contributed by atoms with Crippen molar-refractivity contribution in [1.29, 1.82) is 0 Å². The zero-order valence-electron chi connectivity index (χ0n) is 13.4. The lowest BCUT2D eigenvalue weighted by atomic mass is 9.97. The molecule has 0 bridgehead atoms. The van der Waals surface area contributed by atoms with Gasteiger partial charge in [-0.2, -0.15) is 0 Å². The number of hydrogen-bond acceptors (Lipinski definition) is 2. The van der Waals surface area contributed by atoms with Crippen molar-refractivity contribution in [3.63, 3.8) is 0 Å². The standard InChI is InChI=1S/C18H27N3O/c1-14-12-17(22-16-10-6-3-7-11-16)21-18(20-14)19-13-15-8-4-2-5-9-15/h2,4-5,8-9,14,16-17H,3,6-7,10-13H2,1H3,(H2,19,20,21). The Labute approximate surface area is 133 Å². The fourth-order valence-corrected chi connectivity index (χ4v) is 3.23. The lowest BCUT2D eigenvalue weighted by molar-refractivity contribution is -0.0477. The van der Waals surface area contributed by atoms with Gasteiger partial charge >= 0.3 is 0 Å². The Hall–Kier alpha value is -1.55. The molecule has 1 saturated heterocycles. The van der Waals surface area contributed by atoms with Gasteiger partial charge in [0.05, 0.1) is 12.6 Å². The molecule has 1 heterocycles. The third-order valence-corrected chi connectivity index (χ3v) is 4.42. The van der Waals surface area contributed by atoms with E-state index in [0.29, 0.717) is 18.7 Å². The van der Waals surface area contributed by atoms with Crippen LogP contribution in [0.4, 0.5) is 0 Å². The van der Waals surface area contributed by atoms with Gasteiger partial charge in [0.2, 0.25) is 0 Å². The van der Waals surface area contributed by atoms with Crippen LogP contribution in [0.25, 0.3) is 0 Å². The second kappa shape index (κ2) is 7.63. The topological polar surface area (TPSA) is 45.6 Å². The Balaban J connectivity index is 1.55. The monoisotopic (exact) mass is 301 g/mol. The first-order valence-electron chi connectivity index (χ1n) is 8.56. The van der Waals surface area contributed by atoms with E-state index in [0.717, 1.165) is 12.4 Å². The molecule has 2 aliphatic rings. The highest BCUT2D eigenvalue weighted by Crippen LogP contribution is 2.22. The summed E-state index contributed by atoms with van der Waals surface area (Å²) in [6.07, 6.45) is 7.88. The van der Waals surface area contributed by atoms with E-state index in [9.17, 15) is 0 Å². The highest BCUT2D eigenvalue weighted by molar-refractivity contribution is 5.81. The fraction of sp³-hybridized carbons (Fsp3) is 0.611. The number of guanidine groups is 1. The zero-order chi connectivity index (χ0) is 15.2. The van der Waals surface area contributed by atoms with Crippen molar-refractivity contribution in [3.05, 3.63) is 35.9 Å². The Morgan fingerprint density at radius 2 is 1.86 bits per heavy atom. The molecule has 0 radical (unpaired) electrons. The van der Waals surface area contributed by atoms with Crippen LogP contribution >= 0.6 is 0 Å². The van der Waals surface area contributed by atoms with Gasteiger partial charge in [0, 0.05) is 12.5 Å². The summed E-state index contributed by atoms with van der Waals surface area (Å²) in [5.41, 5.74) is 1.22. The predicted octanol–water partition coefficient (Wildman–Crippen LogP) is 3.19. The molecule has 4 heteroatoms. The smallest absolute Gasteiger partial charge is 0.193 e. The van der Waals surface area contributed by atoms with Gasteiger partial charge in [0.15, 0.2) is 5.96 Å². The molecule has 22 heavy (non-hydrogen) atoms. The molecule has 1 aliphatic heterocycles. The molecule has 0 amide bonds. The maximum Gasteiger partial charge on any atom is 0.193 e. The molecule has 1 aromatic rings. The van der Waals surface area contributed by atoms with Gasteiger partial charge in [-0.15, -0.1) is 0 Å². The van der Waals surface area contributed by atoms with E-state index in [1.807, 2.05) is 6.07 Å². The van der Waals surface area contributed by atoms with Crippen LogP contribution < -0.4 is 10.6 Å². The van der Waals surface area contributed by atoms with E-state index in [4.69, 9.17) is 4.74 Å². The number of rotatable bonds is 4. The summed E-state index contributed by atoms with van der Waals surface area (Å²) in [5.74, 6) is 0.864. The van der Waals surface area contributed by atoms with E-state index in [-0.39, 0.29) is 6.23 Å². The minimum absolute atomic E-state index is 0.0915. The minimum Gasteiger partial charge on any atom is -0.355 e. The van der Waals surface area contributed by atoms with Crippen LogP contribution in [-0.4, -0.2) is 24.3 Å². The number of nitrogens with zero attached hydrogens (tertiary/aromatic N) is 1. The second-order valence-electron chi connectivity index (χ2n) is 6.46. The quantitative estimate of drug-likeness (QED) is 0.898. The van der Waals surface area contributed by atoms with Crippen molar-refractivity contribution in [1.82, 2.24) is 10.6 Å². The summed E-state index contributed by atoms with van der Waals surface area (Å²) < 4.78 is 6.25. The normalized spacial score (nSPS) is 28.1. The summed E-state index contributed by atoms with van der Waals surface area (Å²) in [5, 5.41) is 6.83. The average molecular weight is 301 g/mol. The van der Waals surface area contributed by atoms with E-state index >= 15 is 0 Å². The molecule has 1 aliphatic carbocycles. The fourth-order valence-electron chi connectivity index (χ4n) is 3.23. The summed E-state index contributed by atoms with van der Waals surface area (Å²) in [6.45, 7) is 2.88. The van der Waals surface area contributed by atoms with Crippen molar-refractivity contribution in [3.8, 4) is 0 Å². The molecule has 2 unspecified atom stereocenters. The lowest BCUT2D eigenvalue weighted by Crippen LogP contribution is -2.56. The summed E-state index contributed by atoms with van der Waals surface area (Å²) in [4.78, 5) is 4.66. The maximum absolute atomic E-state index is 6.25. The van der Waals surface area contributed by atoms with Gasteiger partial charge in [-0.3, -0.25) is 0 Å². The number of benzene rings is 1. The number of nitrogens with one attached hydrogen (secondary N) is 2. The Morgan fingerprint density at radius 1 is 1.09 bits per heavy atom. The SMILES string of the molecule is CC1CC(OC2CCCCC2)NC(=NCc2ccccc2)N1. The Kier molecular flexibility index (Phi) is 5.33. The molecular weight excluding hydrogens is 274 g/mol. The van der Waals surface area contributed by atoms with Crippen molar-refractivity contribution in [2.45, 2.75) is 70.4 Å². The Morgan fingerprint density at radius 3 is 2.64 bits per heavy atom. The van der Waals surface area contributed by atoms with E-state index in [1.54, 1.807) is 0 Å². The number of hydrogen-bond donors (Lipinski definition) is 2. The summed E-state index contributed by atoms with van der Waals surface area (Å²) >= 11 is 0. The third-order valence-electron chi connectivity index (χ3n) is 4.42. The molecule has 0 spiro atoms. The predicted molar refractivity (Wildman–Crippen MR) is 89.7 cm³/mol. The van der Waals surface area contributed by atoms with E-state index in [1.165, 1.54) is 37.7 Å². The molecular formula is C18H27N3O. The van der Waals surface area contributed by atoms with E-state index < -0.39 is 0 Å². The molecule has 120 valence electrons. The van der Waals surface area contributed by atoms with E-state index in [2.05, 4.69) is 46.8 Å².